The molecule has 0 aromatic heterocycles. The summed E-state index contributed by atoms with van der Waals surface area (Å²) in [5, 5.41) is 9.41. The first-order valence-electron chi connectivity index (χ1n) is 5.61. The summed E-state index contributed by atoms with van der Waals surface area (Å²) < 4.78 is 10.1. The molecule has 0 saturated heterocycles. The van der Waals surface area contributed by atoms with E-state index in [0.29, 0.717) is 12.4 Å². The zero-order valence-electron chi connectivity index (χ0n) is 10.4. The van der Waals surface area contributed by atoms with Crippen molar-refractivity contribution < 1.29 is 19.4 Å². The van der Waals surface area contributed by atoms with Crippen LogP contribution in [0.3, 0.4) is 0 Å². The molecule has 0 fully saturated rings. The largest absolute Gasteiger partial charge is 0.482 e. The van der Waals surface area contributed by atoms with Crippen molar-refractivity contribution >= 4 is 5.97 Å². The summed E-state index contributed by atoms with van der Waals surface area (Å²) in [5.41, 5.74) is 1.71. The van der Waals surface area contributed by atoms with E-state index in [1.165, 1.54) is 0 Å². The van der Waals surface area contributed by atoms with E-state index < -0.39 is 6.10 Å². The third-order valence-electron chi connectivity index (χ3n) is 2.33. The van der Waals surface area contributed by atoms with Crippen LogP contribution in [0.5, 0.6) is 5.75 Å². The van der Waals surface area contributed by atoms with E-state index in [9.17, 15) is 9.90 Å². The smallest absolute Gasteiger partial charge is 0.344 e. The first-order chi connectivity index (χ1) is 8.04. The third kappa shape index (κ3) is 4.07. The molecule has 1 aromatic carbocycles. The van der Waals surface area contributed by atoms with Gasteiger partial charge in [-0.05, 0) is 44.0 Å². The highest BCUT2D eigenvalue weighted by molar-refractivity contribution is 5.71. The minimum atomic E-state index is -0.507. The lowest BCUT2D eigenvalue weighted by Crippen LogP contribution is -2.15. The number of hydrogen-bond donors (Lipinski definition) is 1. The Balaban J connectivity index is 2.63. The average Bonchev–Trinajstić information content (AvgIpc) is 2.27. The molecule has 0 aliphatic rings. The lowest BCUT2D eigenvalue weighted by Gasteiger charge is -2.11. The molecule has 4 heteroatoms. The summed E-state index contributed by atoms with van der Waals surface area (Å²) in [6.45, 7) is 5.58. The maximum absolute atomic E-state index is 11.1. The summed E-state index contributed by atoms with van der Waals surface area (Å²) in [6, 6.07) is 5.36. The van der Waals surface area contributed by atoms with Crippen LogP contribution in [-0.4, -0.2) is 24.3 Å². The second kappa shape index (κ2) is 6.25. The van der Waals surface area contributed by atoms with Gasteiger partial charge in [-0.25, -0.2) is 4.79 Å². The van der Waals surface area contributed by atoms with Gasteiger partial charge in [-0.15, -0.1) is 0 Å². The Kier molecular flexibility index (Phi) is 4.97. The van der Waals surface area contributed by atoms with Crippen LogP contribution in [-0.2, 0) is 9.53 Å². The predicted molar refractivity (Wildman–Crippen MR) is 63.9 cm³/mol. The molecule has 0 saturated carbocycles. The number of aliphatic hydroxyl groups excluding tert-OH is 1. The van der Waals surface area contributed by atoms with E-state index in [2.05, 4.69) is 0 Å². The van der Waals surface area contributed by atoms with Gasteiger partial charge >= 0.3 is 5.97 Å². The highest BCUT2D eigenvalue weighted by Crippen LogP contribution is 2.22. The van der Waals surface area contributed by atoms with Crippen molar-refractivity contribution in [2.75, 3.05) is 13.2 Å². The van der Waals surface area contributed by atoms with Crippen molar-refractivity contribution in [3.8, 4) is 5.75 Å². The molecule has 1 rings (SSSR count). The maximum Gasteiger partial charge on any atom is 0.344 e. The molecule has 0 radical (unpaired) electrons. The number of carbonyl (C=O) groups excluding carboxylic acids is 1. The monoisotopic (exact) mass is 238 g/mol. The summed E-state index contributed by atoms with van der Waals surface area (Å²) in [6.07, 6.45) is -0.507. The van der Waals surface area contributed by atoms with Gasteiger partial charge in [-0.3, -0.25) is 0 Å². The van der Waals surface area contributed by atoms with Gasteiger partial charge in [0.2, 0.25) is 0 Å². The number of ether oxygens (including phenoxy) is 2. The van der Waals surface area contributed by atoms with Crippen LogP contribution >= 0.6 is 0 Å². The van der Waals surface area contributed by atoms with Gasteiger partial charge < -0.3 is 14.6 Å². The van der Waals surface area contributed by atoms with Crippen LogP contribution in [0.25, 0.3) is 0 Å². The van der Waals surface area contributed by atoms with Crippen LogP contribution in [0.2, 0.25) is 0 Å². The molecule has 0 heterocycles. The summed E-state index contributed by atoms with van der Waals surface area (Å²) in [5.74, 6) is 0.244. The van der Waals surface area contributed by atoms with Gasteiger partial charge in [0.25, 0.3) is 0 Å². The Hall–Kier alpha value is -1.55. The van der Waals surface area contributed by atoms with Crippen LogP contribution in [0.1, 0.15) is 31.1 Å². The average molecular weight is 238 g/mol. The summed E-state index contributed by atoms with van der Waals surface area (Å²) in [4.78, 5) is 11.1. The number of aryl methyl sites for hydroxylation is 1. The first-order valence-corrected chi connectivity index (χ1v) is 5.61. The van der Waals surface area contributed by atoms with E-state index >= 15 is 0 Å². The molecule has 0 aliphatic heterocycles. The SMILES string of the molecule is CCOC(=O)COc1ccc(C(C)O)cc1C. The van der Waals surface area contributed by atoms with Crippen molar-refractivity contribution in [1.29, 1.82) is 0 Å². The van der Waals surface area contributed by atoms with Crippen LogP contribution in [0, 0.1) is 6.92 Å². The van der Waals surface area contributed by atoms with Crippen LogP contribution in [0.4, 0.5) is 0 Å². The van der Waals surface area contributed by atoms with Crippen molar-refractivity contribution in [1.82, 2.24) is 0 Å². The molecule has 4 nitrogen and oxygen atoms in total. The third-order valence-corrected chi connectivity index (χ3v) is 2.33. The number of carbonyl (C=O) groups is 1. The molecule has 17 heavy (non-hydrogen) atoms. The first kappa shape index (κ1) is 13.5. The highest BCUT2D eigenvalue weighted by atomic mass is 16.6. The highest BCUT2D eigenvalue weighted by Gasteiger charge is 2.07. The van der Waals surface area contributed by atoms with Crippen molar-refractivity contribution in [3.63, 3.8) is 0 Å². The fraction of sp³-hybridized carbons (Fsp3) is 0.462. The van der Waals surface area contributed by atoms with Gasteiger partial charge in [-0.1, -0.05) is 6.07 Å². The van der Waals surface area contributed by atoms with Crippen molar-refractivity contribution in [2.24, 2.45) is 0 Å². The maximum atomic E-state index is 11.1. The quantitative estimate of drug-likeness (QED) is 0.797. The van der Waals surface area contributed by atoms with E-state index in [4.69, 9.17) is 9.47 Å². The Morgan fingerprint density at radius 2 is 2.18 bits per heavy atom. The van der Waals surface area contributed by atoms with Gasteiger partial charge in [-0.2, -0.15) is 0 Å². The van der Waals surface area contributed by atoms with Gasteiger partial charge in [0.1, 0.15) is 5.75 Å². The molecule has 1 unspecified atom stereocenters. The van der Waals surface area contributed by atoms with Crippen molar-refractivity contribution in [3.05, 3.63) is 29.3 Å². The number of rotatable bonds is 5. The van der Waals surface area contributed by atoms with Crippen molar-refractivity contribution in [2.45, 2.75) is 26.9 Å². The van der Waals surface area contributed by atoms with E-state index in [1.807, 2.05) is 13.0 Å². The van der Waals surface area contributed by atoms with E-state index in [1.54, 1.807) is 26.0 Å². The van der Waals surface area contributed by atoms with Crippen LogP contribution in [0.15, 0.2) is 18.2 Å². The van der Waals surface area contributed by atoms with Gasteiger partial charge in [0, 0.05) is 0 Å². The summed E-state index contributed by atoms with van der Waals surface area (Å²) >= 11 is 0. The fourth-order valence-corrected chi connectivity index (χ4v) is 1.43. The number of esters is 1. The molecule has 1 atom stereocenters. The Labute approximate surface area is 101 Å². The molecular weight excluding hydrogens is 220 g/mol. The number of hydrogen-bond acceptors (Lipinski definition) is 4. The second-order valence-electron chi connectivity index (χ2n) is 3.79. The standard InChI is InChI=1S/C13H18O4/c1-4-16-13(15)8-17-12-6-5-11(10(3)14)7-9(12)2/h5-7,10,14H,4,8H2,1-3H3. The molecule has 0 bridgehead atoms. The van der Waals surface area contributed by atoms with Crippen LogP contribution < -0.4 is 4.74 Å². The van der Waals surface area contributed by atoms with Gasteiger partial charge in [0.05, 0.1) is 12.7 Å². The second-order valence-corrected chi connectivity index (χ2v) is 3.79. The fourth-order valence-electron chi connectivity index (χ4n) is 1.43. The molecule has 1 N–H and O–H groups in total. The zero-order chi connectivity index (χ0) is 12.8. The normalized spacial score (nSPS) is 12.0. The topological polar surface area (TPSA) is 55.8 Å². The minimum Gasteiger partial charge on any atom is -0.482 e. The number of aliphatic hydroxyl groups is 1. The molecule has 0 amide bonds. The lowest BCUT2D eigenvalue weighted by atomic mass is 10.1. The van der Waals surface area contributed by atoms with E-state index in [0.717, 1.165) is 11.1 Å². The molecule has 1 aromatic rings. The molecular formula is C13H18O4. The minimum absolute atomic E-state index is 0.0945. The van der Waals surface area contributed by atoms with Gasteiger partial charge in [0.15, 0.2) is 6.61 Å². The summed E-state index contributed by atoms with van der Waals surface area (Å²) in [7, 11) is 0. The Bertz CT molecular complexity index is 385. The Morgan fingerprint density at radius 1 is 1.47 bits per heavy atom. The zero-order valence-corrected chi connectivity index (χ0v) is 10.4. The predicted octanol–water partition coefficient (Wildman–Crippen LogP) is 1.99. The lowest BCUT2D eigenvalue weighted by molar-refractivity contribution is -0.145. The molecule has 94 valence electrons. The number of benzene rings is 1. The molecule has 0 spiro atoms. The Morgan fingerprint density at radius 3 is 2.71 bits per heavy atom. The van der Waals surface area contributed by atoms with E-state index in [-0.39, 0.29) is 12.6 Å². The molecule has 0 aliphatic carbocycles.